The number of carboxylic acid groups (broad SMARTS) is 1. The van der Waals surface area contributed by atoms with Crippen LogP contribution in [0.3, 0.4) is 0 Å². The van der Waals surface area contributed by atoms with Gasteiger partial charge >= 0.3 is 5.97 Å². The lowest BCUT2D eigenvalue weighted by atomic mass is 10.1. The smallest absolute Gasteiger partial charge is 0.307 e. The molecule has 0 aromatic heterocycles. The fraction of sp³-hybridized carbons (Fsp3) is 0.222. The Hall–Kier alpha value is -0.730. The number of carboxylic acids is 1. The van der Waals surface area contributed by atoms with Gasteiger partial charge in [-0.25, -0.2) is 0 Å². The molecule has 0 unspecified atom stereocenters. The molecule has 0 bridgehead atoms. The molecule has 0 aliphatic heterocycles. The first-order valence-corrected chi connectivity index (χ1v) is 4.49. The highest BCUT2D eigenvalue weighted by Gasteiger charge is 2.13. The number of hydrogen-bond donors (Lipinski definition) is 1. The molecule has 1 rings (SSSR count). The molecule has 0 aromatic carbocycles. The fourth-order valence-electron chi connectivity index (χ4n) is 1.01. The van der Waals surface area contributed by atoms with E-state index in [0.717, 1.165) is 0 Å². The summed E-state index contributed by atoms with van der Waals surface area (Å²) < 4.78 is 0. The average molecular weight is 219 g/mol. The summed E-state index contributed by atoms with van der Waals surface area (Å²) in [5.41, 5.74) is 0.501. The van der Waals surface area contributed by atoms with Crippen molar-refractivity contribution in [3.8, 4) is 0 Å². The first kappa shape index (κ1) is 10.4. The van der Waals surface area contributed by atoms with Crippen LogP contribution in [0.15, 0.2) is 33.9 Å². The molecule has 13 heavy (non-hydrogen) atoms. The molecule has 0 saturated carbocycles. The highest BCUT2D eigenvalue weighted by atomic mass is 35.5. The van der Waals surface area contributed by atoms with E-state index >= 15 is 0 Å². The van der Waals surface area contributed by atoms with Gasteiger partial charge in [0.25, 0.3) is 0 Å². The maximum absolute atomic E-state index is 10.5. The maximum atomic E-state index is 10.5. The monoisotopic (exact) mass is 218 g/mol. The summed E-state index contributed by atoms with van der Waals surface area (Å²) in [5, 5.41) is 9.50. The van der Waals surface area contributed by atoms with Crippen molar-refractivity contribution in [1.82, 2.24) is 0 Å². The largest absolute Gasteiger partial charge is 0.481 e. The Labute approximate surface area is 86.1 Å². The van der Waals surface area contributed by atoms with Gasteiger partial charge in [-0.15, -0.1) is 0 Å². The van der Waals surface area contributed by atoms with Crippen LogP contribution in [0.4, 0.5) is 0 Å². The summed E-state index contributed by atoms with van der Waals surface area (Å²) in [5.74, 6) is -0.929. The van der Waals surface area contributed by atoms with Crippen molar-refractivity contribution in [2.75, 3.05) is 0 Å². The van der Waals surface area contributed by atoms with Crippen LogP contribution in [0, 0.1) is 0 Å². The number of allylic oxidation sites excluding steroid dienone is 5. The Balaban J connectivity index is 2.95. The van der Waals surface area contributed by atoms with Gasteiger partial charge in [0.2, 0.25) is 0 Å². The zero-order chi connectivity index (χ0) is 9.84. The molecule has 0 saturated heterocycles. The van der Waals surface area contributed by atoms with Gasteiger partial charge < -0.3 is 5.11 Å². The van der Waals surface area contributed by atoms with E-state index in [1.165, 1.54) is 0 Å². The highest BCUT2D eigenvalue weighted by Crippen LogP contribution is 2.28. The Morgan fingerprint density at radius 1 is 1.54 bits per heavy atom. The van der Waals surface area contributed by atoms with Crippen LogP contribution in [0.1, 0.15) is 12.8 Å². The molecular formula is C9H8Cl2O2. The zero-order valence-corrected chi connectivity index (χ0v) is 8.27. The van der Waals surface area contributed by atoms with Crippen molar-refractivity contribution >= 4 is 29.2 Å². The van der Waals surface area contributed by atoms with Gasteiger partial charge in [0.1, 0.15) is 0 Å². The lowest BCUT2D eigenvalue weighted by molar-refractivity contribution is -0.136. The Bertz CT molecular complexity index is 314. The number of halogens is 2. The van der Waals surface area contributed by atoms with Crippen LogP contribution in [0.5, 0.6) is 0 Å². The quantitative estimate of drug-likeness (QED) is 0.774. The van der Waals surface area contributed by atoms with E-state index in [9.17, 15) is 4.79 Å². The summed E-state index contributed by atoms with van der Waals surface area (Å²) in [7, 11) is 0. The van der Waals surface area contributed by atoms with Gasteiger partial charge in [-0.3, -0.25) is 4.79 Å². The molecule has 1 N–H and O–H groups in total. The van der Waals surface area contributed by atoms with E-state index in [0.29, 0.717) is 22.1 Å². The van der Waals surface area contributed by atoms with Gasteiger partial charge in [0.05, 0.1) is 6.42 Å². The molecule has 0 aromatic rings. The molecule has 0 fully saturated rings. The van der Waals surface area contributed by atoms with Crippen molar-refractivity contribution in [2.45, 2.75) is 12.8 Å². The average Bonchev–Trinajstić information content (AvgIpc) is 2.18. The predicted octanol–water partition coefficient (Wildman–Crippen LogP) is 3.04. The van der Waals surface area contributed by atoms with Gasteiger partial charge in [-0.05, 0) is 11.6 Å². The van der Waals surface area contributed by atoms with Crippen LogP contribution in [-0.2, 0) is 4.79 Å². The van der Waals surface area contributed by atoms with Gasteiger partial charge in [-0.1, -0.05) is 35.4 Å². The fourth-order valence-corrected chi connectivity index (χ4v) is 1.57. The number of hydrogen-bond acceptors (Lipinski definition) is 1. The summed E-state index contributed by atoms with van der Waals surface area (Å²) >= 11 is 11.7. The normalized spacial score (nSPS) is 16.9. The summed E-state index contributed by atoms with van der Waals surface area (Å²) in [6, 6.07) is 0. The second kappa shape index (κ2) is 4.49. The number of rotatable bonds is 2. The van der Waals surface area contributed by atoms with E-state index in [4.69, 9.17) is 28.3 Å². The molecule has 0 amide bonds. The van der Waals surface area contributed by atoms with E-state index in [-0.39, 0.29) is 6.42 Å². The third kappa shape index (κ3) is 2.90. The molecule has 1 aliphatic rings. The van der Waals surface area contributed by atoms with Crippen molar-refractivity contribution < 1.29 is 9.90 Å². The highest BCUT2D eigenvalue weighted by molar-refractivity contribution is 6.36. The van der Waals surface area contributed by atoms with E-state index < -0.39 is 5.97 Å². The molecular weight excluding hydrogens is 211 g/mol. The van der Waals surface area contributed by atoms with Crippen molar-refractivity contribution in [3.63, 3.8) is 0 Å². The first-order chi connectivity index (χ1) is 6.11. The minimum atomic E-state index is -0.929. The molecule has 0 heterocycles. The van der Waals surface area contributed by atoms with Crippen LogP contribution in [0.25, 0.3) is 0 Å². The van der Waals surface area contributed by atoms with Crippen LogP contribution < -0.4 is 0 Å². The minimum absolute atomic E-state index is 0.129. The number of carbonyl (C=O) groups is 1. The third-order valence-corrected chi connectivity index (χ3v) is 2.36. The molecule has 4 heteroatoms. The Morgan fingerprint density at radius 2 is 2.23 bits per heavy atom. The molecule has 1 aliphatic carbocycles. The molecule has 2 nitrogen and oxygen atoms in total. The van der Waals surface area contributed by atoms with Gasteiger partial charge in [-0.2, -0.15) is 0 Å². The van der Waals surface area contributed by atoms with Gasteiger partial charge in [0.15, 0.2) is 0 Å². The van der Waals surface area contributed by atoms with Crippen molar-refractivity contribution in [1.29, 1.82) is 0 Å². The van der Waals surface area contributed by atoms with Crippen LogP contribution >= 0.6 is 23.2 Å². The van der Waals surface area contributed by atoms with E-state index in [2.05, 4.69) is 0 Å². The van der Waals surface area contributed by atoms with Gasteiger partial charge in [0, 0.05) is 16.5 Å². The van der Waals surface area contributed by atoms with Crippen molar-refractivity contribution in [3.05, 3.63) is 33.9 Å². The summed E-state index contributed by atoms with van der Waals surface area (Å²) in [6.45, 7) is 0. The molecule has 0 radical (unpaired) electrons. The summed E-state index contributed by atoms with van der Waals surface area (Å²) in [6.07, 6.45) is 5.65. The standard InChI is InChI=1S/C9H8Cl2O2/c10-7-3-1-2-4-8(11)6(7)5-9(12)13/h1-3H,4-5H2,(H,12,13). The lowest BCUT2D eigenvalue weighted by Gasteiger charge is -2.04. The number of aliphatic carboxylic acids is 1. The molecule has 70 valence electrons. The molecule has 0 atom stereocenters. The minimum Gasteiger partial charge on any atom is -0.481 e. The Kier molecular flexibility index (Phi) is 3.58. The third-order valence-electron chi connectivity index (χ3n) is 1.62. The lowest BCUT2D eigenvalue weighted by Crippen LogP contribution is -1.99. The van der Waals surface area contributed by atoms with Crippen LogP contribution in [-0.4, -0.2) is 11.1 Å². The first-order valence-electron chi connectivity index (χ1n) is 3.73. The SMILES string of the molecule is O=C(O)CC1=C(Cl)CC=CC=C1Cl. The summed E-state index contributed by atoms with van der Waals surface area (Å²) in [4.78, 5) is 10.5. The maximum Gasteiger partial charge on any atom is 0.307 e. The van der Waals surface area contributed by atoms with Crippen LogP contribution in [0.2, 0.25) is 0 Å². The molecule has 0 spiro atoms. The zero-order valence-electron chi connectivity index (χ0n) is 6.76. The van der Waals surface area contributed by atoms with E-state index in [1.807, 2.05) is 6.08 Å². The topological polar surface area (TPSA) is 37.3 Å². The van der Waals surface area contributed by atoms with Crippen molar-refractivity contribution in [2.24, 2.45) is 0 Å². The van der Waals surface area contributed by atoms with E-state index in [1.54, 1.807) is 12.2 Å². The second-order valence-electron chi connectivity index (χ2n) is 2.60. The Morgan fingerprint density at radius 3 is 2.85 bits per heavy atom. The second-order valence-corrected chi connectivity index (χ2v) is 3.46. The predicted molar refractivity (Wildman–Crippen MR) is 52.8 cm³/mol.